The molecule has 0 unspecified atom stereocenters. The highest BCUT2D eigenvalue weighted by molar-refractivity contribution is 9.10. The molecule has 2 amide bonds. The molecular formula is C22H24BrFN2O3. The number of benzene rings is 2. The lowest BCUT2D eigenvalue weighted by Gasteiger charge is -2.32. The van der Waals surface area contributed by atoms with Crippen molar-refractivity contribution in [3.05, 3.63) is 63.9 Å². The zero-order chi connectivity index (χ0) is 20.8. The maximum atomic E-state index is 13.3. The van der Waals surface area contributed by atoms with Crippen LogP contribution in [-0.2, 0) is 11.2 Å². The van der Waals surface area contributed by atoms with E-state index in [0.717, 1.165) is 11.3 Å². The molecule has 1 fully saturated rings. The summed E-state index contributed by atoms with van der Waals surface area (Å²) in [5, 5.41) is 3.02. The van der Waals surface area contributed by atoms with Crippen LogP contribution in [0.15, 0.2) is 46.9 Å². The van der Waals surface area contributed by atoms with Crippen molar-refractivity contribution in [2.24, 2.45) is 0 Å². The fourth-order valence-electron chi connectivity index (χ4n) is 3.38. The van der Waals surface area contributed by atoms with Gasteiger partial charge in [0.1, 0.15) is 11.6 Å². The zero-order valence-electron chi connectivity index (χ0n) is 16.3. The summed E-state index contributed by atoms with van der Waals surface area (Å²) in [4.78, 5) is 26.8. The molecule has 3 rings (SSSR count). The second-order valence-corrected chi connectivity index (χ2v) is 7.87. The Balaban J connectivity index is 1.47. The van der Waals surface area contributed by atoms with Crippen molar-refractivity contribution in [2.75, 3.05) is 19.7 Å². The predicted molar refractivity (Wildman–Crippen MR) is 112 cm³/mol. The van der Waals surface area contributed by atoms with Crippen LogP contribution in [0.4, 0.5) is 4.39 Å². The van der Waals surface area contributed by atoms with Gasteiger partial charge in [0.2, 0.25) is 5.91 Å². The van der Waals surface area contributed by atoms with Gasteiger partial charge in [0.05, 0.1) is 17.5 Å². The number of amides is 2. The topological polar surface area (TPSA) is 58.6 Å². The minimum atomic E-state index is -0.348. The van der Waals surface area contributed by atoms with Crippen molar-refractivity contribution in [1.82, 2.24) is 10.2 Å². The van der Waals surface area contributed by atoms with Gasteiger partial charge >= 0.3 is 0 Å². The minimum absolute atomic E-state index is 0.00557. The molecule has 1 aliphatic rings. The molecule has 1 N–H and O–H groups in total. The third-order valence-electron chi connectivity index (χ3n) is 4.91. The molecule has 7 heteroatoms. The van der Waals surface area contributed by atoms with Crippen LogP contribution in [0.25, 0.3) is 0 Å². The lowest BCUT2D eigenvalue weighted by molar-refractivity contribution is -0.121. The van der Waals surface area contributed by atoms with Crippen molar-refractivity contribution in [3.8, 4) is 5.75 Å². The summed E-state index contributed by atoms with van der Waals surface area (Å²) in [6.07, 6.45) is 1.62. The molecule has 1 heterocycles. The number of likely N-dealkylation sites (tertiary alicyclic amines) is 1. The van der Waals surface area contributed by atoms with Gasteiger partial charge in [-0.05, 0) is 77.7 Å². The van der Waals surface area contributed by atoms with Gasteiger partial charge in [-0.2, -0.15) is 0 Å². The fraction of sp³-hybridized carbons (Fsp3) is 0.364. The molecule has 0 saturated carbocycles. The van der Waals surface area contributed by atoms with E-state index in [4.69, 9.17) is 4.74 Å². The molecule has 29 heavy (non-hydrogen) atoms. The normalized spacial score (nSPS) is 14.5. The molecular weight excluding hydrogens is 439 g/mol. The van der Waals surface area contributed by atoms with Crippen LogP contribution in [-0.4, -0.2) is 42.5 Å². The number of piperidine rings is 1. The van der Waals surface area contributed by atoms with Crippen molar-refractivity contribution >= 4 is 27.7 Å². The maximum absolute atomic E-state index is 13.3. The first-order chi connectivity index (χ1) is 14.0. The number of halogens is 2. The Morgan fingerprint density at radius 2 is 1.86 bits per heavy atom. The number of hydrogen-bond acceptors (Lipinski definition) is 3. The zero-order valence-corrected chi connectivity index (χ0v) is 17.9. The summed E-state index contributed by atoms with van der Waals surface area (Å²) >= 11 is 3.13. The molecule has 2 aromatic carbocycles. The number of ether oxygens (including phenoxy) is 1. The standard InChI is InChI=1S/C22H24BrFN2O3/c1-2-29-18-6-4-16(5-7-18)22(28)26-11-9-17(10-12-26)25-21(27)14-15-3-8-20(24)19(23)13-15/h3-8,13,17H,2,9-12,14H2,1H3,(H,25,27). The minimum Gasteiger partial charge on any atom is -0.494 e. The van der Waals surface area contributed by atoms with E-state index in [9.17, 15) is 14.0 Å². The van der Waals surface area contributed by atoms with Gasteiger partial charge in [-0.15, -0.1) is 0 Å². The summed E-state index contributed by atoms with van der Waals surface area (Å²) in [6, 6.07) is 11.8. The van der Waals surface area contributed by atoms with Crippen molar-refractivity contribution in [3.63, 3.8) is 0 Å². The van der Waals surface area contributed by atoms with E-state index >= 15 is 0 Å². The highest BCUT2D eigenvalue weighted by Crippen LogP contribution is 2.19. The summed E-state index contributed by atoms with van der Waals surface area (Å²) < 4.78 is 19.1. The smallest absolute Gasteiger partial charge is 0.253 e. The highest BCUT2D eigenvalue weighted by Gasteiger charge is 2.24. The lowest BCUT2D eigenvalue weighted by Crippen LogP contribution is -2.46. The van der Waals surface area contributed by atoms with Crippen LogP contribution >= 0.6 is 15.9 Å². The van der Waals surface area contributed by atoms with Crippen molar-refractivity contribution in [2.45, 2.75) is 32.2 Å². The predicted octanol–water partition coefficient (Wildman–Crippen LogP) is 3.95. The molecule has 0 aliphatic carbocycles. The van der Waals surface area contributed by atoms with E-state index in [2.05, 4.69) is 21.2 Å². The maximum Gasteiger partial charge on any atom is 0.253 e. The Hall–Kier alpha value is -2.41. The van der Waals surface area contributed by atoms with E-state index < -0.39 is 0 Å². The Kier molecular flexibility index (Phi) is 7.25. The van der Waals surface area contributed by atoms with Gasteiger partial charge in [-0.25, -0.2) is 4.39 Å². The third-order valence-corrected chi connectivity index (χ3v) is 5.52. The first-order valence-electron chi connectivity index (χ1n) is 9.71. The number of nitrogens with zero attached hydrogens (tertiary/aromatic N) is 1. The Bertz CT molecular complexity index is 865. The second kappa shape index (κ2) is 9.87. The first kappa shape index (κ1) is 21.3. The average Bonchev–Trinajstić information content (AvgIpc) is 2.71. The van der Waals surface area contributed by atoms with Crippen molar-refractivity contribution in [1.29, 1.82) is 0 Å². The number of carbonyl (C=O) groups is 2. The second-order valence-electron chi connectivity index (χ2n) is 7.02. The SMILES string of the molecule is CCOc1ccc(C(=O)N2CCC(NC(=O)Cc3ccc(F)c(Br)c3)CC2)cc1. The summed E-state index contributed by atoms with van der Waals surface area (Å²) in [7, 11) is 0. The Labute approximate surface area is 178 Å². The van der Waals surface area contributed by atoms with E-state index in [-0.39, 0.29) is 30.1 Å². The number of carbonyl (C=O) groups excluding carboxylic acids is 2. The van der Waals surface area contributed by atoms with Crippen LogP contribution in [0.2, 0.25) is 0 Å². The fourth-order valence-corrected chi connectivity index (χ4v) is 3.81. The Morgan fingerprint density at radius 1 is 1.17 bits per heavy atom. The van der Waals surface area contributed by atoms with Gasteiger partial charge in [0, 0.05) is 24.7 Å². The molecule has 1 saturated heterocycles. The summed E-state index contributed by atoms with van der Waals surface area (Å²) in [5.41, 5.74) is 1.39. The van der Waals surface area contributed by atoms with Gasteiger partial charge in [-0.3, -0.25) is 9.59 Å². The molecule has 1 aliphatic heterocycles. The van der Waals surface area contributed by atoms with Crippen LogP contribution in [0, 0.1) is 5.82 Å². The third kappa shape index (κ3) is 5.79. The molecule has 154 valence electrons. The number of hydrogen-bond donors (Lipinski definition) is 1. The van der Waals surface area contributed by atoms with Gasteiger partial charge in [0.15, 0.2) is 0 Å². The van der Waals surface area contributed by atoms with E-state index in [1.165, 1.54) is 6.07 Å². The van der Waals surface area contributed by atoms with Gasteiger partial charge < -0.3 is 15.0 Å². The van der Waals surface area contributed by atoms with E-state index in [0.29, 0.717) is 42.6 Å². The summed E-state index contributed by atoms with van der Waals surface area (Å²) in [5.74, 6) is 0.297. The quantitative estimate of drug-likeness (QED) is 0.706. The van der Waals surface area contributed by atoms with Gasteiger partial charge in [0.25, 0.3) is 5.91 Å². The number of nitrogens with one attached hydrogen (secondary N) is 1. The number of rotatable bonds is 6. The molecule has 0 radical (unpaired) electrons. The van der Waals surface area contributed by atoms with Crippen LogP contribution in [0.5, 0.6) is 5.75 Å². The molecule has 2 aromatic rings. The summed E-state index contributed by atoms with van der Waals surface area (Å²) in [6.45, 7) is 3.70. The highest BCUT2D eigenvalue weighted by atomic mass is 79.9. The first-order valence-corrected chi connectivity index (χ1v) is 10.5. The molecule has 5 nitrogen and oxygen atoms in total. The lowest BCUT2D eigenvalue weighted by atomic mass is 10.0. The largest absolute Gasteiger partial charge is 0.494 e. The molecule has 0 spiro atoms. The molecule has 0 bridgehead atoms. The van der Waals surface area contributed by atoms with Gasteiger partial charge in [-0.1, -0.05) is 6.07 Å². The average molecular weight is 463 g/mol. The molecule has 0 aromatic heterocycles. The Morgan fingerprint density at radius 3 is 2.48 bits per heavy atom. The monoisotopic (exact) mass is 462 g/mol. The van der Waals surface area contributed by atoms with E-state index in [1.807, 2.05) is 11.8 Å². The van der Waals surface area contributed by atoms with Crippen LogP contribution < -0.4 is 10.1 Å². The molecule has 0 atom stereocenters. The van der Waals surface area contributed by atoms with E-state index in [1.54, 1.807) is 36.4 Å². The van der Waals surface area contributed by atoms with Crippen LogP contribution in [0.3, 0.4) is 0 Å². The van der Waals surface area contributed by atoms with Crippen LogP contribution in [0.1, 0.15) is 35.7 Å². The van der Waals surface area contributed by atoms with Crippen molar-refractivity contribution < 1.29 is 18.7 Å².